The highest BCUT2D eigenvalue weighted by molar-refractivity contribution is 8.14. The van der Waals surface area contributed by atoms with Crippen molar-refractivity contribution in [1.82, 2.24) is 4.90 Å². The Morgan fingerprint density at radius 3 is 2.59 bits per heavy atom. The fourth-order valence-electron chi connectivity index (χ4n) is 3.13. The Kier molecular flexibility index (Phi) is 7.09. The summed E-state index contributed by atoms with van der Waals surface area (Å²) in [5.74, 6) is 1.38. The quantitative estimate of drug-likeness (QED) is 0.602. The Labute approximate surface area is 176 Å². The number of amidine groups is 1. The molecule has 1 heterocycles. The number of thioether (sulfide) groups is 1. The SMILES string of the molecule is CCC(=O)c1ccc(OCC(=O)N2C(=Nc3cccc(C)c3)SC[C@H]2CC)cc1. The average Bonchev–Trinajstić information content (AvgIpc) is 3.14. The van der Waals surface area contributed by atoms with E-state index in [1.54, 1.807) is 40.9 Å². The summed E-state index contributed by atoms with van der Waals surface area (Å²) in [5, 5.41) is 0.722. The third kappa shape index (κ3) is 5.26. The van der Waals surface area contributed by atoms with Gasteiger partial charge in [-0.2, -0.15) is 0 Å². The number of aliphatic imine (C=N–C) groups is 1. The van der Waals surface area contributed by atoms with Gasteiger partial charge >= 0.3 is 0 Å². The van der Waals surface area contributed by atoms with Crippen LogP contribution in [-0.4, -0.2) is 40.2 Å². The largest absolute Gasteiger partial charge is 0.484 e. The second-order valence-electron chi connectivity index (χ2n) is 6.96. The molecule has 2 aromatic rings. The molecule has 152 valence electrons. The van der Waals surface area contributed by atoms with Gasteiger partial charge in [0.05, 0.1) is 5.69 Å². The van der Waals surface area contributed by atoms with Crippen molar-refractivity contribution in [3.8, 4) is 5.75 Å². The molecule has 1 amide bonds. The maximum Gasteiger partial charge on any atom is 0.266 e. The van der Waals surface area contributed by atoms with E-state index in [1.807, 2.05) is 38.1 Å². The highest BCUT2D eigenvalue weighted by Gasteiger charge is 2.34. The molecule has 1 aliphatic heterocycles. The van der Waals surface area contributed by atoms with Crippen LogP contribution in [0, 0.1) is 6.92 Å². The molecule has 1 saturated heterocycles. The van der Waals surface area contributed by atoms with Gasteiger partial charge in [-0.3, -0.25) is 14.5 Å². The summed E-state index contributed by atoms with van der Waals surface area (Å²) in [6, 6.07) is 15.0. The molecule has 1 fully saturated rings. The highest BCUT2D eigenvalue weighted by Crippen LogP contribution is 2.29. The van der Waals surface area contributed by atoms with E-state index < -0.39 is 0 Å². The summed E-state index contributed by atoms with van der Waals surface area (Å²) in [5.41, 5.74) is 2.63. The van der Waals surface area contributed by atoms with Crippen LogP contribution >= 0.6 is 11.8 Å². The molecule has 0 aliphatic carbocycles. The molecule has 0 bridgehead atoms. The first-order valence-corrected chi connectivity index (χ1v) is 10.9. The molecular formula is C23H26N2O3S. The molecule has 3 rings (SSSR count). The van der Waals surface area contributed by atoms with Gasteiger partial charge in [-0.1, -0.05) is 37.7 Å². The lowest BCUT2D eigenvalue weighted by Crippen LogP contribution is -2.41. The molecule has 0 unspecified atom stereocenters. The number of nitrogens with zero attached hydrogens (tertiary/aromatic N) is 2. The number of carbonyl (C=O) groups is 2. The lowest BCUT2D eigenvalue weighted by atomic mass is 10.1. The van der Waals surface area contributed by atoms with E-state index in [-0.39, 0.29) is 24.3 Å². The van der Waals surface area contributed by atoms with E-state index in [0.717, 1.165) is 28.6 Å². The van der Waals surface area contributed by atoms with Crippen LogP contribution in [0.2, 0.25) is 0 Å². The first-order chi connectivity index (χ1) is 14.0. The van der Waals surface area contributed by atoms with Crippen LogP contribution in [0.4, 0.5) is 5.69 Å². The summed E-state index contributed by atoms with van der Waals surface area (Å²) in [4.78, 5) is 31.1. The molecule has 0 N–H and O–H groups in total. The van der Waals surface area contributed by atoms with E-state index >= 15 is 0 Å². The Morgan fingerprint density at radius 1 is 1.17 bits per heavy atom. The van der Waals surface area contributed by atoms with Gasteiger partial charge in [0.25, 0.3) is 5.91 Å². The fraction of sp³-hybridized carbons (Fsp3) is 0.348. The van der Waals surface area contributed by atoms with Crippen LogP contribution in [0.25, 0.3) is 0 Å². The molecule has 5 nitrogen and oxygen atoms in total. The molecule has 1 aliphatic rings. The maximum absolute atomic E-state index is 12.9. The van der Waals surface area contributed by atoms with Gasteiger partial charge in [-0.25, -0.2) is 4.99 Å². The molecule has 0 saturated carbocycles. The van der Waals surface area contributed by atoms with Crippen LogP contribution in [-0.2, 0) is 4.79 Å². The van der Waals surface area contributed by atoms with Gasteiger partial charge in [0.1, 0.15) is 5.75 Å². The van der Waals surface area contributed by atoms with Crippen molar-refractivity contribution < 1.29 is 14.3 Å². The number of rotatable bonds is 7. The number of ether oxygens (including phenoxy) is 1. The topological polar surface area (TPSA) is 59.0 Å². The summed E-state index contributed by atoms with van der Waals surface area (Å²) < 4.78 is 5.69. The average molecular weight is 411 g/mol. The third-order valence-corrected chi connectivity index (χ3v) is 5.90. The number of aryl methyl sites for hydroxylation is 1. The lowest BCUT2D eigenvalue weighted by Gasteiger charge is -2.23. The predicted octanol–water partition coefficient (Wildman–Crippen LogP) is 5.01. The van der Waals surface area contributed by atoms with E-state index in [9.17, 15) is 9.59 Å². The molecule has 1 atom stereocenters. The van der Waals surface area contributed by atoms with Gasteiger partial charge in [-0.15, -0.1) is 0 Å². The molecule has 6 heteroatoms. The first-order valence-electron chi connectivity index (χ1n) is 9.88. The highest BCUT2D eigenvalue weighted by atomic mass is 32.2. The van der Waals surface area contributed by atoms with Crippen molar-refractivity contribution in [2.75, 3.05) is 12.4 Å². The Balaban J connectivity index is 1.70. The van der Waals surface area contributed by atoms with E-state index in [1.165, 1.54) is 0 Å². The van der Waals surface area contributed by atoms with Gasteiger partial charge < -0.3 is 4.74 Å². The minimum absolute atomic E-state index is 0.0645. The Morgan fingerprint density at radius 2 is 1.93 bits per heavy atom. The minimum atomic E-state index is -0.109. The van der Waals surface area contributed by atoms with Crippen molar-refractivity contribution in [3.63, 3.8) is 0 Å². The standard InChI is InChI=1S/C23H26N2O3S/c1-4-19-15-29-23(24-18-8-6-7-16(3)13-18)25(19)22(27)14-28-20-11-9-17(10-12-20)21(26)5-2/h6-13,19H,4-5,14-15H2,1-3H3/t19-/m1/s1. The zero-order valence-corrected chi connectivity index (χ0v) is 17.9. The summed E-state index contributed by atoms with van der Waals surface area (Å²) in [6.07, 6.45) is 1.33. The van der Waals surface area contributed by atoms with E-state index in [2.05, 4.69) is 6.92 Å². The van der Waals surface area contributed by atoms with E-state index in [4.69, 9.17) is 9.73 Å². The van der Waals surface area contributed by atoms with Crippen LogP contribution in [0.3, 0.4) is 0 Å². The molecule has 2 aromatic carbocycles. The molecule has 0 spiro atoms. The summed E-state index contributed by atoms with van der Waals surface area (Å²) >= 11 is 1.60. The molecule has 0 radical (unpaired) electrons. The van der Waals surface area contributed by atoms with E-state index in [0.29, 0.717) is 17.7 Å². The van der Waals surface area contributed by atoms with Gasteiger partial charge in [-0.05, 0) is 55.3 Å². The van der Waals surface area contributed by atoms with Crippen LogP contribution in [0.5, 0.6) is 5.75 Å². The van der Waals surface area contributed by atoms with Crippen molar-refractivity contribution in [3.05, 3.63) is 59.7 Å². The second-order valence-corrected chi connectivity index (χ2v) is 7.95. The molecule has 0 aromatic heterocycles. The summed E-state index contributed by atoms with van der Waals surface area (Å²) in [7, 11) is 0. The number of ketones is 1. The fourth-order valence-corrected chi connectivity index (χ4v) is 4.42. The first kappa shape index (κ1) is 21.1. The lowest BCUT2D eigenvalue weighted by molar-refractivity contribution is -0.130. The predicted molar refractivity (Wildman–Crippen MR) is 118 cm³/mol. The Hall–Kier alpha value is -2.60. The maximum atomic E-state index is 12.9. The van der Waals surface area contributed by atoms with Gasteiger partial charge in [0.15, 0.2) is 17.6 Å². The minimum Gasteiger partial charge on any atom is -0.484 e. The van der Waals surface area contributed by atoms with Crippen LogP contribution in [0.1, 0.15) is 42.6 Å². The van der Waals surface area contributed by atoms with Crippen molar-refractivity contribution in [2.45, 2.75) is 39.7 Å². The number of hydrogen-bond acceptors (Lipinski definition) is 5. The van der Waals surface area contributed by atoms with Crippen molar-refractivity contribution >= 4 is 34.3 Å². The monoisotopic (exact) mass is 410 g/mol. The van der Waals surface area contributed by atoms with Crippen LogP contribution in [0.15, 0.2) is 53.5 Å². The number of amides is 1. The number of carbonyl (C=O) groups excluding carboxylic acids is 2. The van der Waals surface area contributed by atoms with Gasteiger partial charge in [0, 0.05) is 23.8 Å². The normalized spacial score (nSPS) is 17.6. The number of benzene rings is 2. The van der Waals surface area contributed by atoms with Gasteiger partial charge in [0.2, 0.25) is 0 Å². The van der Waals surface area contributed by atoms with Crippen molar-refractivity contribution in [1.29, 1.82) is 0 Å². The smallest absolute Gasteiger partial charge is 0.266 e. The molecular weight excluding hydrogens is 384 g/mol. The number of Topliss-reactive ketones (excluding diaryl/α,β-unsaturated/α-hetero) is 1. The number of hydrogen-bond donors (Lipinski definition) is 0. The zero-order chi connectivity index (χ0) is 20.8. The molecule has 29 heavy (non-hydrogen) atoms. The third-order valence-electron chi connectivity index (χ3n) is 4.80. The Bertz CT molecular complexity index is 909. The van der Waals surface area contributed by atoms with Crippen molar-refractivity contribution in [2.24, 2.45) is 4.99 Å². The zero-order valence-electron chi connectivity index (χ0n) is 17.1. The second kappa shape index (κ2) is 9.74. The van der Waals surface area contributed by atoms with Crippen LogP contribution < -0.4 is 4.74 Å². The summed E-state index contributed by atoms with van der Waals surface area (Å²) in [6.45, 7) is 5.87.